The second-order valence-electron chi connectivity index (χ2n) is 2.94. The summed E-state index contributed by atoms with van der Waals surface area (Å²) in [7, 11) is 1.19. The number of rotatable bonds is 2. The van der Waals surface area contributed by atoms with Gasteiger partial charge in [-0.2, -0.15) is 5.26 Å². The van der Waals surface area contributed by atoms with Gasteiger partial charge in [0.1, 0.15) is 11.9 Å². The normalized spacial score (nSPS) is 9.47. The van der Waals surface area contributed by atoms with Crippen molar-refractivity contribution in [2.45, 2.75) is 13.3 Å². The lowest BCUT2D eigenvalue weighted by atomic mass is 10.00. The molecule has 3 nitrogen and oxygen atoms in total. The van der Waals surface area contributed by atoms with Gasteiger partial charge in [0.05, 0.1) is 18.2 Å². The number of methoxy groups -OCH3 is 1. The largest absolute Gasteiger partial charge is 0.465 e. The topological polar surface area (TPSA) is 50.1 Å². The standard InChI is InChI=1S/C11H10FNO2/c1-3-7-4-8(12)5-9(10(7)6-13)11(14)15-2/h4-5H,3H2,1-2H3. The molecule has 0 atom stereocenters. The number of carbonyl (C=O) groups is 1. The average molecular weight is 207 g/mol. The Kier molecular flexibility index (Phi) is 3.40. The molecule has 0 unspecified atom stereocenters. The zero-order chi connectivity index (χ0) is 11.4. The van der Waals surface area contributed by atoms with Crippen LogP contribution in [0.15, 0.2) is 12.1 Å². The van der Waals surface area contributed by atoms with Crippen LogP contribution in [-0.2, 0) is 11.2 Å². The Hall–Kier alpha value is -1.89. The van der Waals surface area contributed by atoms with Crippen molar-refractivity contribution >= 4 is 5.97 Å². The van der Waals surface area contributed by atoms with E-state index >= 15 is 0 Å². The summed E-state index contributed by atoms with van der Waals surface area (Å²) in [5.41, 5.74) is 0.681. The highest BCUT2D eigenvalue weighted by molar-refractivity contribution is 5.92. The van der Waals surface area contributed by atoms with E-state index in [9.17, 15) is 9.18 Å². The summed E-state index contributed by atoms with van der Waals surface area (Å²) in [6, 6.07) is 4.16. The Morgan fingerprint density at radius 2 is 2.27 bits per heavy atom. The first kappa shape index (κ1) is 11.2. The summed E-state index contributed by atoms with van der Waals surface area (Å²) in [6.45, 7) is 1.79. The van der Waals surface area contributed by atoms with Gasteiger partial charge in [-0.25, -0.2) is 9.18 Å². The molecule has 0 aliphatic carbocycles. The van der Waals surface area contributed by atoms with Crippen LogP contribution in [-0.4, -0.2) is 13.1 Å². The van der Waals surface area contributed by atoms with Crippen molar-refractivity contribution < 1.29 is 13.9 Å². The molecule has 0 aromatic heterocycles. The molecule has 0 aliphatic heterocycles. The first-order valence-electron chi connectivity index (χ1n) is 4.44. The number of nitrogens with zero attached hydrogens (tertiary/aromatic N) is 1. The fraction of sp³-hybridized carbons (Fsp3) is 0.273. The predicted octanol–water partition coefficient (Wildman–Crippen LogP) is 2.05. The molecule has 1 rings (SSSR count). The molecule has 0 N–H and O–H groups in total. The quantitative estimate of drug-likeness (QED) is 0.697. The van der Waals surface area contributed by atoms with Crippen LogP contribution in [0.4, 0.5) is 4.39 Å². The van der Waals surface area contributed by atoms with Gasteiger partial charge >= 0.3 is 5.97 Å². The molecular formula is C11H10FNO2. The molecule has 1 aromatic rings. The Bertz CT molecular complexity index is 435. The third kappa shape index (κ3) is 2.13. The van der Waals surface area contributed by atoms with Gasteiger partial charge in [-0.1, -0.05) is 6.92 Å². The molecule has 0 aliphatic rings. The van der Waals surface area contributed by atoms with E-state index in [2.05, 4.69) is 4.74 Å². The molecule has 0 heterocycles. The van der Waals surface area contributed by atoms with E-state index in [1.807, 2.05) is 6.07 Å². The second-order valence-corrected chi connectivity index (χ2v) is 2.94. The van der Waals surface area contributed by atoms with Gasteiger partial charge in [0.25, 0.3) is 0 Å². The highest BCUT2D eigenvalue weighted by atomic mass is 19.1. The van der Waals surface area contributed by atoms with Gasteiger partial charge in [-0.05, 0) is 24.1 Å². The Labute approximate surface area is 87.1 Å². The third-order valence-electron chi connectivity index (χ3n) is 2.08. The minimum Gasteiger partial charge on any atom is -0.465 e. The number of esters is 1. The molecule has 1 aromatic carbocycles. The highest BCUT2D eigenvalue weighted by Gasteiger charge is 2.16. The number of carbonyl (C=O) groups excluding carboxylic acids is 1. The molecule has 0 amide bonds. The number of halogens is 1. The zero-order valence-electron chi connectivity index (χ0n) is 8.50. The van der Waals surface area contributed by atoms with E-state index < -0.39 is 11.8 Å². The van der Waals surface area contributed by atoms with Crippen LogP contribution >= 0.6 is 0 Å². The maximum absolute atomic E-state index is 13.1. The van der Waals surface area contributed by atoms with Crippen molar-refractivity contribution in [1.82, 2.24) is 0 Å². The van der Waals surface area contributed by atoms with Gasteiger partial charge < -0.3 is 4.74 Å². The predicted molar refractivity (Wildman–Crippen MR) is 51.8 cm³/mol. The summed E-state index contributed by atoms with van der Waals surface area (Å²) in [4.78, 5) is 11.3. The van der Waals surface area contributed by atoms with Crippen LogP contribution in [0.2, 0.25) is 0 Å². The molecule has 15 heavy (non-hydrogen) atoms. The molecule has 0 saturated heterocycles. The summed E-state index contributed by atoms with van der Waals surface area (Å²) in [5.74, 6) is -1.23. The Balaban J connectivity index is 3.43. The number of hydrogen-bond donors (Lipinski definition) is 0. The van der Waals surface area contributed by atoms with Gasteiger partial charge in [-0.3, -0.25) is 0 Å². The molecule has 0 bridgehead atoms. The van der Waals surface area contributed by atoms with E-state index in [1.165, 1.54) is 13.2 Å². The minimum atomic E-state index is -0.694. The smallest absolute Gasteiger partial charge is 0.339 e. The maximum Gasteiger partial charge on any atom is 0.339 e. The van der Waals surface area contributed by atoms with Crippen LogP contribution in [0.5, 0.6) is 0 Å². The average Bonchev–Trinajstić information content (AvgIpc) is 2.26. The SMILES string of the molecule is CCc1cc(F)cc(C(=O)OC)c1C#N. The lowest BCUT2D eigenvalue weighted by molar-refractivity contribution is 0.0599. The van der Waals surface area contributed by atoms with E-state index in [0.29, 0.717) is 12.0 Å². The monoisotopic (exact) mass is 207 g/mol. The summed E-state index contributed by atoms with van der Waals surface area (Å²) in [6.07, 6.45) is 0.491. The molecule has 0 fully saturated rings. The first-order chi connectivity index (χ1) is 7.13. The van der Waals surface area contributed by atoms with E-state index in [1.54, 1.807) is 6.92 Å². The summed E-state index contributed by atoms with van der Waals surface area (Å²) >= 11 is 0. The Morgan fingerprint density at radius 1 is 1.60 bits per heavy atom. The second kappa shape index (κ2) is 4.56. The first-order valence-corrected chi connectivity index (χ1v) is 4.44. The van der Waals surface area contributed by atoms with Gasteiger partial charge in [-0.15, -0.1) is 0 Å². The lowest BCUT2D eigenvalue weighted by Gasteiger charge is -2.06. The van der Waals surface area contributed by atoms with Gasteiger partial charge in [0.15, 0.2) is 0 Å². The van der Waals surface area contributed by atoms with E-state index in [0.717, 1.165) is 6.07 Å². The number of ether oxygens (including phenoxy) is 1. The van der Waals surface area contributed by atoms with Crippen molar-refractivity contribution in [3.8, 4) is 6.07 Å². The molecule has 78 valence electrons. The van der Waals surface area contributed by atoms with E-state index in [-0.39, 0.29) is 11.1 Å². The fourth-order valence-corrected chi connectivity index (χ4v) is 1.35. The number of benzene rings is 1. The summed E-state index contributed by atoms with van der Waals surface area (Å²) < 4.78 is 17.6. The van der Waals surface area contributed by atoms with Crippen LogP contribution in [0, 0.1) is 17.1 Å². The van der Waals surface area contributed by atoms with Crippen LogP contribution in [0.25, 0.3) is 0 Å². The van der Waals surface area contributed by atoms with Gasteiger partial charge in [0, 0.05) is 0 Å². The minimum absolute atomic E-state index is 0.0168. The van der Waals surface area contributed by atoms with Crippen molar-refractivity contribution in [3.63, 3.8) is 0 Å². The van der Waals surface area contributed by atoms with Crippen molar-refractivity contribution in [1.29, 1.82) is 5.26 Å². The van der Waals surface area contributed by atoms with Crippen LogP contribution in [0.3, 0.4) is 0 Å². The highest BCUT2D eigenvalue weighted by Crippen LogP contribution is 2.18. The molecule has 4 heteroatoms. The molecular weight excluding hydrogens is 197 g/mol. The molecule has 0 radical (unpaired) electrons. The van der Waals surface area contributed by atoms with Crippen LogP contribution in [0.1, 0.15) is 28.4 Å². The molecule has 0 spiro atoms. The number of nitriles is 1. The van der Waals surface area contributed by atoms with Crippen molar-refractivity contribution in [2.75, 3.05) is 7.11 Å². The zero-order valence-corrected chi connectivity index (χ0v) is 8.50. The van der Waals surface area contributed by atoms with Crippen molar-refractivity contribution in [2.24, 2.45) is 0 Å². The number of aryl methyl sites for hydroxylation is 1. The number of hydrogen-bond acceptors (Lipinski definition) is 3. The van der Waals surface area contributed by atoms with Crippen molar-refractivity contribution in [3.05, 3.63) is 34.6 Å². The fourth-order valence-electron chi connectivity index (χ4n) is 1.35. The maximum atomic E-state index is 13.1. The van der Waals surface area contributed by atoms with E-state index in [4.69, 9.17) is 5.26 Å². The Morgan fingerprint density at radius 3 is 2.73 bits per heavy atom. The third-order valence-corrected chi connectivity index (χ3v) is 2.08. The summed E-state index contributed by atoms with van der Waals surface area (Å²) in [5, 5.41) is 8.89. The molecule has 0 saturated carbocycles. The van der Waals surface area contributed by atoms with Gasteiger partial charge in [0.2, 0.25) is 0 Å². The van der Waals surface area contributed by atoms with Crippen LogP contribution < -0.4 is 0 Å². The lowest BCUT2D eigenvalue weighted by Crippen LogP contribution is -2.07.